The Kier molecular flexibility index (Phi) is 1.91. The lowest BCUT2D eigenvalue weighted by Gasteiger charge is -2.34. The van der Waals surface area contributed by atoms with E-state index >= 15 is 0 Å². The van der Waals surface area contributed by atoms with Gasteiger partial charge in [-0.25, -0.2) is 0 Å². The summed E-state index contributed by atoms with van der Waals surface area (Å²) in [6, 6.07) is 0. The molecule has 0 nitrogen and oxygen atoms in total. The minimum Gasteiger partial charge on any atom is -0.126 e. The monoisotopic (exact) mass is 172 g/mol. The van der Waals surface area contributed by atoms with Gasteiger partial charge in [-0.2, -0.15) is 0 Å². The predicted octanol–water partition coefficient (Wildman–Crippen LogP) is 3.44. The molecule has 1 heteroatoms. The maximum Gasteiger partial charge on any atom is 0.0282 e. The molecule has 0 aromatic carbocycles. The van der Waals surface area contributed by atoms with Gasteiger partial charge in [0.2, 0.25) is 0 Å². The number of fused-ring (bicyclic) bond motifs is 2. The van der Waals surface area contributed by atoms with Gasteiger partial charge in [0, 0.05) is 5.88 Å². The second-order valence-electron chi connectivity index (χ2n) is 4.43. The molecular weight excluding hydrogens is 156 g/mol. The molecule has 0 saturated heterocycles. The van der Waals surface area contributed by atoms with Crippen molar-refractivity contribution in [2.75, 3.05) is 5.88 Å². The number of halogens is 1. The van der Waals surface area contributed by atoms with E-state index in [0.29, 0.717) is 5.41 Å². The maximum atomic E-state index is 6.06. The van der Waals surface area contributed by atoms with Crippen LogP contribution in [0.15, 0.2) is 0 Å². The third-order valence-electron chi connectivity index (χ3n) is 4.07. The Morgan fingerprint density at radius 1 is 1.45 bits per heavy atom. The first kappa shape index (κ1) is 7.91. The Labute approximate surface area is 74.3 Å². The van der Waals surface area contributed by atoms with Crippen LogP contribution >= 0.6 is 11.6 Å². The topological polar surface area (TPSA) is 0 Å². The van der Waals surface area contributed by atoms with Crippen LogP contribution in [0, 0.1) is 17.3 Å². The average molecular weight is 173 g/mol. The molecule has 0 aromatic heterocycles. The van der Waals surface area contributed by atoms with Crippen molar-refractivity contribution in [3.63, 3.8) is 0 Å². The molecule has 64 valence electrons. The molecule has 11 heavy (non-hydrogen) atoms. The first-order valence-electron chi connectivity index (χ1n) is 4.86. The number of hydrogen-bond donors (Lipinski definition) is 0. The van der Waals surface area contributed by atoms with E-state index in [0.717, 1.165) is 17.7 Å². The Morgan fingerprint density at radius 2 is 2.27 bits per heavy atom. The summed E-state index contributed by atoms with van der Waals surface area (Å²) in [5.74, 6) is 2.93. The van der Waals surface area contributed by atoms with E-state index in [1.807, 2.05) is 0 Å². The maximum absolute atomic E-state index is 6.06. The average Bonchev–Trinajstić information content (AvgIpc) is 2.62. The van der Waals surface area contributed by atoms with Gasteiger partial charge >= 0.3 is 0 Å². The Balaban J connectivity index is 2.14. The van der Waals surface area contributed by atoms with Crippen LogP contribution in [-0.2, 0) is 0 Å². The van der Waals surface area contributed by atoms with Crippen molar-refractivity contribution < 1.29 is 0 Å². The van der Waals surface area contributed by atoms with E-state index in [1.165, 1.54) is 32.1 Å². The van der Waals surface area contributed by atoms with Gasteiger partial charge in [-0.15, -0.1) is 11.6 Å². The minimum atomic E-state index is 0.560. The molecule has 0 radical (unpaired) electrons. The largest absolute Gasteiger partial charge is 0.126 e. The molecule has 0 aliphatic heterocycles. The zero-order valence-electron chi connectivity index (χ0n) is 7.28. The Morgan fingerprint density at radius 3 is 2.55 bits per heavy atom. The fraction of sp³-hybridized carbons (Fsp3) is 1.00. The highest BCUT2D eigenvalue weighted by molar-refractivity contribution is 6.18. The predicted molar refractivity (Wildman–Crippen MR) is 48.9 cm³/mol. The van der Waals surface area contributed by atoms with Crippen molar-refractivity contribution in [2.24, 2.45) is 17.3 Å². The van der Waals surface area contributed by atoms with Crippen LogP contribution in [-0.4, -0.2) is 5.88 Å². The first-order valence-corrected chi connectivity index (χ1v) is 5.40. The summed E-state index contributed by atoms with van der Waals surface area (Å²) in [6.07, 6.45) is 7.17. The zero-order valence-corrected chi connectivity index (χ0v) is 8.03. The molecule has 2 aliphatic carbocycles. The van der Waals surface area contributed by atoms with Crippen LogP contribution in [0.5, 0.6) is 0 Å². The van der Waals surface area contributed by atoms with Crippen molar-refractivity contribution in [1.82, 2.24) is 0 Å². The van der Waals surface area contributed by atoms with Crippen LogP contribution in [0.4, 0.5) is 0 Å². The lowest BCUT2D eigenvalue weighted by Crippen LogP contribution is -2.28. The zero-order chi connectivity index (χ0) is 7.90. The summed E-state index contributed by atoms with van der Waals surface area (Å²) in [5.41, 5.74) is 0.560. The van der Waals surface area contributed by atoms with Crippen LogP contribution < -0.4 is 0 Å². The van der Waals surface area contributed by atoms with E-state index in [2.05, 4.69) is 6.92 Å². The van der Waals surface area contributed by atoms with Gasteiger partial charge in [-0.1, -0.05) is 13.3 Å². The summed E-state index contributed by atoms with van der Waals surface area (Å²) in [7, 11) is 0. The molecule has 0 spiro atoms. The van der Waals surface area contributed by atoms with Crippen molar-refractivity contribution in [3.8, 4) is 0 Å². The van der Waals surface area contributed by atoms with Gasteiger partial charge in [0.1, 0.15) is 0 Å². The summed E-state index contributed by atoms with van der Waals surface area (Å²) < 4.78 is 0. The Hall–Kier alpha value is 0.290. The number of hydrogen-bond acceptors (Lipinski definition) is 0. The van der Waals surface area contributed by atoms with Gasteiger partial charge < -0.3 is 0 Å². The van der Waals surface area contributed by atoms with Gasteiger partial charge in [-0.3, -0.25) is 0 Å². The SMILES string of the molecule is CCC1(CCl)CC2CCC1C2. The van der Waals surface area contributed by atoms with Crippen LogP contribution in [0.1, 0.15) is 39.0 Å². The van der Waals surface area contributed by atoms with Gasteiger partial charge in [-0.05, 0) is 42.9 Å². The highest BCUT2D eigenvalue weighted by atomic mass is 35.5. The number of rotatable bonds is 2. The van der Waals surface area contributed by atoms with E-state index in [9.17, 15) is 0 Å². The smallest absolute Gasteiger partial charge is 0.0282 e. The molecule has 3 unspecified atom stereocenters. The molecule has 0 amide bonds. The van der Waals surface area contributed by atoms with E-state index < -0.39 is 0 Å². The molecule has 2 rings (SSSR count). The quantitative estimate of drug-likeness (QED) is 0.560. The number of alkyl halides is 1. The Bertz CT molecular complexity index is 149. The first-order chi connectivity index (χ1) is 5.30. The van der Waals surface area contributed by atoms with Crippen LogP contribution in [0.3, 0.4) is 0 Å². The van der Waals surface area contributed by atoms with E-state index in [-0.39, 0.29) is 0 Å². The van der Waals surface area contributed by atoms with Crippen molar-refractivity contribution >= 4 is 11.6 Å². The molecular formula is C10H17Cl. The highest BCUT2D eigenvalue weighted by Gasteiger charge is 2.48. The van der Waals surface area contributed by atoms with E-state index in [1.54, 1.807) is 0 Å². The molecule has 3 atom stereocenters. The highest BCUT2D eigenvalue weighted by Crippen LogP contribution is 2.57. The van der Waals surface area contributed by atoms with Crippen molar-refractivity contribution in [2.45, 2.75) is 39.0 Å². The van der Waals surface area contributed by atoms with Crippen molar-refractivity contribution in [3.05, 3.63) is 0 Å². The lowest BCUT2D eigenvalue weighted by atomic mass is 9.73. The molecule has 0 N–H and O–H groups in total. The molecule has 0 aromatic rings. The molecule has 2 saturated carbocycles. The van der Waals surface area contributed by atoms with Crippen LogP contribution in [0.2, 0.25) is 0 Å². The summed E-state index contributed by atoms with van der Waals surface area (Å²) in [4.78, 5) is 0. The van der Waals surface area contributed by atoms with Gasteiger partial charge in [0.05, 0.1) is 0 Å². The third kappa shape index (κ3) is 1.02. The van der Waals surface area contributed by atoms with E-state index in [4.69, 9.17) is 11.6 Å². The fourth-order valence-electron chi connectivity index (χ4n) is 3.25. The lowest BCUT2D eigenvalue weighted by molar-refractivity contribution is 0.186. The summed E-state index contributed by atoms with van der Waals surface area (Å²) in [6.45, 7) is 2.31. The molecule has 0 heterocycles. The van der Waals surface area contributed by atoms with Gasteiger partial charge in [0.25, 0.3) is 0 Å². The van der Waals surface area contributed by atoms with Crippen molar-refractivity contribution in [1.29, 1.82) is 0 Å². The summed E-state index contributed by atoms with van der Waals surface area (Å²) in [5, 5.41) is 0. The van der Waals surface area contributed by atoms with Crippen LogP contribution in [0.25, 0.3) is 0 Å². The molecule has 2 fully saturated rings. The standard InChI is InChI=1S/C10H17Cl/c1-2-10(7-11)6-8-3-4-9(10)5-8/h8-9H,2-7H2,1H3. The third-order valence-corrected chi connectivity index (χ3v) is 4.60. The second kappa shape index (κ2) is 2.65. The van der Waals surface area contributed by atoms with Gasteiger partial charge in [0.15, 0.2) is 0 Å². The minimum absolute atomic E-state index is 0.560. The second-order valence-corrected chi connectivity index (χ2v) is 4.70. The normalized spacial score (nSPS) is 48.5. The fourth-order valence-corrected chi connectivity index (χ4v) is 3.77. The molecule has 2 aliphatic rings. The molecule has 2 bridgehead atoms. The summed E-state index contributed by atoms with van der Waals surface area (Å²) >= 11 is 6.06.